The summed E-state index contributed by atoms with van der Waals surface area (Å²) in [5, 5.41) is 36.3. The second-order valence-electron chi connectivity index (χ2n) is 3.49. The van der Waals surface area contributed by atoms with E-state index in [-0.39, 0.29) is 17.0 Å². The van der Waals surface area contributed by atoms with Crippen molar-refractivity contribution in [1.29, 1.82) is 0 Å². The van der Waals surface area contributed by atoms with Crippen molar-refractivity contribution in [3.8, 4) is 0 Å². The Kier molecular flexibility index (Phi) is 5.44. The number of carbonyl (C=O) groups is 3. The third-order valence-electron chi connectivity index (χ3n) is 2.02. The molecule has 0 bridgehead atoms. The van der Waals surface area contributed by atoms with Gasteiger partial charge in [-0.15, -0.1) is 10.2 Å². The molecule has 0 aromatic carbocycles. The Morgan fingerprint density at radius 3 is 1.48 bits per heavy atom. The number of hydrogen-bond donors (Lipinski definition) is 3. The Balaban J connectivity index is 3.36. The average molecular weight is 291 g/mol. The zero-order chi connectivity index (χ0) is 15.8. The van der Waals surface area contributed by atoms with E-state index >= 15 is 0 Å². The molecule has 0 aliphatic heterocycles. The highest BCUT2D eigenvalue weighted by atomic mass is 16.4. The lowest BCUT2D eigenvalue weighted by atomic mass is 10.1. The number of aromatic nitrogens is 3. The lowest BCUT2D eigenvalue weighted by molar-refractivity contribution is -0.132. The van der Waals surface area contributed by atoms with Gasteiger partial charge in [-0.05, 0) is 23.4 Å². The van der Waals surface area contributed by atoms with Gasteiger partial charge in [-0.25, -0.2) is 14.4 Å². The fraction of sp³-hybridized carbons (Fsp3) is 0. The molecule has 3 N–H and O–H groups in total. The van der Waals surface area contributed by atoms with E-state index in [2.05, 4.69) is 15.4 Å². The molecule has 0 aliphatic carbocycles. The molecular formula is C12H9N3O6. The third-order valence-corrected chi connectivity index (χ3v) is 2.02. The number of carboxylic acid groups (broad SMARTS) is 3. The van der Waals surface area contributed by atoms with Gasteiger partial charge < -0.3 is 15.3 Å². The van der Waals surface area contributed by atoms with Crippen molar-refractivity contribution < 1.29 is 29.7 Å². The molecule has 0 saturated carbocycles. The van der Waals surface area contributed by atoms with Gasteiger partial charge in [0.1, 0.15) is 0 Å². The van der Waals surface area contributed by atoms with Crippen molar-refractivity contribution in [1.82, 2.24) is 15.4 Å². The number of nitrogens with zero attached hydrogens (tertiary/aromatic N) is 3. The molecule has 0 spiro atoms. The molecule has 0 radical (unpaired) electrons. The van der Waals surface area contributed by atoms with Crippen LogP contribution in [0.1, 0.15) is 17.0 Å². The summed E-state index contributed by atoms with van der Waals surface area (Å²) in [5.41, 5.74) is 0.201. The maximum absolute atomic E-state index is 10.6. The molecule has 0 fully saturated rings. The zero-order valence-corrected chi connectivity index (χ0v) is 10.4. The van der Waals surface area contributed by atoms with Crippen molar-refractivity contribution in [3.05, 3.63) is 35.2 Å². The molecule has 0 saturated heterocycles. The number of aliphatic carboxylic acids is 3. The number of carboxylic acids is 3. The molecule has 0 atom stereocenters. The fourth-order valence-electron chi connectivity index (χ4n) is 1.23. The summed E-state index contributed by atoms with van der Waals surface area (Å²) in [6.07, 6.45) is 5.66. The summed E-state index contributed by atoms with van der Waals surface area (Å²) < 4.78 is 0. The van der Waals surface area contributed by atoms with Gasteiger partial charge in [-0.1, -0.05) is 0 Å². The minimum absolute atomic E-state index is 0.0370. The van der Waals surface area contributed by atoms with E-state index in [1.54, 1.807) is 0 Å². The molecule has 0 unspecified atom stereocenters. The molecule has 108 valence electrons. The summed E-state index contributed by atoms with van der Waals surface area (Å²) in [5.74, 6) is -3.71. The molecule has 21 heavy (non-hydrogen) atoms. The molecule has 1 heterocycles. The van der Waals surface area contributed by atoms with E-state index in [0.29, 0.717) is 0 Å². The highest BCUT2D eigenvalue weighted by molar-refractivity contribution is 5.90. The smallest absolute Gasteiger partial charge is 0.328 e. The Morgan fingerprint density at radius 2 is 1.10 bits per heavy atom. The molecule has 9 heteroatoms. The Bertz CT molecular complexity index is 621. The second-order valence-corrected chi connectivity index (χ2v) is 3.49. The largest absolute Gasteiger partial charge is 0.478 e. The lowest BCUT2D eigenvalue weighted by Crippen LogP contribution is -2.01. The number of rotatable bonds is 6. The van der Waals surface area contributed by atoms with Gasteiger partial charge in [0.15, 0.2) is 0 Å². The first-order valence-electron chi connectivity index (χ1n) is 5.36. The molecule has 0 aliphatic rings. The van der Waals surface area contributed by atoms with Gasteiger partial charge in [0.25, 0.3) is 0 Å². The van der Waals surface area contributed by atoms with Crippen LogP contribution in [0.5, 0.6) is 0 Å². The van der Waals surface area contributed by atoms with Crippen LogP contribution in [-0.4, -0.2) is 48.6 Å². The first-order chi connectivity index (χ1) is 9.90. The SMILES string of the molecule is O=C(O)C=Cc1nnnc(C=CC(=O)O)c1C=CC(=O)O. The van der Waals surface area contributed by atoms with E-state index in [0.717, 1.165) is 36.5 Å². The van der Waals surface area contributed by atoms with Crippen LogP contribution in [0.2, 0.25) is 0 Å². The summed E-state index contributed by atoms with van der Waals surface area (Å²) in [4.78, 5) is 31.6. The van der Waals surface area contributed by atoms with E-state index in [1.807, 2.05) is 0 Å². The van der Waals surface area contributed by atoms with E-state index in [1.165, 1.54) is 0 Å². The van der Waals surface area contributed by atoms with E-state index in [9.17, 15) is 14.4 Å². The molecular weight excluding hydrogens is 282 g/mol. The van der Waals surface area contributed by atoms with Crippen LogP contribution in [-0.2, 0) is 14.4 Å². The number of hydrogen-bond acceptors (Lipinski definition) is 6. The molecule has 0 amide bonds. The van der Waals surface area contributed by atoms with Crippen LogP contribution >= 0.6 is 0 Å². The van der Waals surface area contributed by atoms with Crippen LogP contribution in [0.3, 0.4) is 0 Å². The highest BCUT2D eigenvalue weighted by Crippen LogP contribution is 2.14. The van der Waals surface area contributed by atoms with Crippen molar-refractivity contribution >= 4 is 36.1 Å². The summed E-state index contributed by atoms with van der Waals surface area (Å²) in [6, 6.07) is 0. The summed E-state index contributed by atoms with van der Waals surface area (Å²) in [6.45, 7) is 0. The fourth-order valence-corrected chi connectivity index (χ4v) is 1.23. The van der Waals surface area contributed by atoms with Gasteiger partial charge in [0, 0.05) is 23.8 Å². The average Bonchev–Trinajstić information content (AvgIpc) is 2.40. The molecule has 1 aromatic rings. The molecule has 1 aromatic heterocycles. The van der Waals surface area contributed by atoms with Crippen LogP contribution < -0.4 is 0 Å². The first-order valence-corrected chi connectivity index (χ1v) is 5.36. The Labute approximate surface area is 117 Å². The molecule has 1 rings (SSSR count). The predicted molar refractivity (Wildman–Crippen MR) is 69.8 cm³/mol. The normalized spacial score (nSPS) is 11.4. The van der Waals surface area contributed by atoms with Crippen LogP contribution in [0, 0.1) is 0 Å². The minimum atomic E-state index is -1.24. The monoisotopic (exact) mass is 291 g/mol. The van der Waals surface area contributed by atoms with Crippen LogP contribution in [0.4, 0.5) is 0 Å². The van der Waals surface area contributed by atoms with Gasteiger partial charge in [-0.2, -0.15) is 0 Å². The topological polar surface area (TPSA) is 151 Å². The van der Waals surface area contributed by atoms with Gasteiger partial charge in [0.2, 0.25) is 0 Å². The van der Waals surface area contributed by atoms with Gasteiger partial charge in [0.05, 0.1) is 11.4 Å². The standard InChI is InChI=1S/C12H9N3O6/c16-10(17)4-1-7-8(2-5-11(18)19)13-15-14-9(7)3-6-12(20)21/h1-6H,(H,16,17)(H,18,19)(H,20,21). The van der Waals surface area contributed by atoms with Gasteiger partial charge >= 0.3 is 17.9 Å². The van der Waals surface area contributed by atoms with Crippen molar-refractivity contribution in [2.75, 3.05) is 0 Å². The van der Waals surface area contributed by atoms with Crippen molar-refractivity contribution in [2.24, 2.45) is 0 Å². The summed E-state index contributed by atoms with van der Waals surface area (Å²) >= 11 is 0. The molecule has 9 nitrogen and oxygen atoms in total. The van der Waals surface area contributed by atoms with Crippen LogP contribution in [0.15, 0.2) is 18.2 Å². The van der Waals surface area contributed by atoms with E-state index in [4.69, 9.17) is 15.3 Å². The lowest BCUT2D eigenvalue weighted by Gasteiger charge is -2.01. The maximum atomic E-state index is 10.6. The predicted octanol–water partition coefficient (Wildman–Crippen LogP) is 0.165. The van der Waals surface area contributed by atoms with Gasteiger partial charge in [-0.3, -0.25) is 0 Å². The Hall–Kier alpha value is -3.36. The first kappa shape index (κ1) is 15.7. The Morgan fingerprint density at radius 1 is 0.714 bits per heavy atom. The van der Waals surface area contributed by atoms with E-state index < -0.39 is 17.9 Å². The summed E-state index contributed by atoms with van der Waals surface area (Å²) in [7, 11) is 0. The van der Waals surface area contributed by atoms with Crippen LogP contribution in [0.25, 0.3) is 18.2 Å². The minimum Gasteiger partial charge on any atom is -0.478 e. The zero-order valence-electron chi connectivity index (χ0n) is 10.4. The van der Waals surface area contributed by atoms with Crippen molar-refractivity contribution in [2.45, 2.75) is 0 Å². The maximum Gasteiger partial charge on any atom is 0.328 e. The third kappa shape index (κ3) is 5.42. The highest BCUT2D eigenvalue weighted by Gasteiger charge is 2.07. The second kappa shape index (κ2) is 7.28. The quantitative estimate of drug-likeness (QED) is 0.622. The van der Waals surface area contributed by atoms with Crippen molar-refractivity contribution in [3.63, 3.8) is 0 Å².